The Morgan fingerprint density at radius 1 is 1.19 bits per heavy atom. The lowest BCUT2D eigenvalue weighted by atomic mass is 9.92. The van der Waals surface area contributed by atoms with E-state index in [1.165, 1.54) is 23.0 Å². The van der Waals surface area contributed by atoms with Gasteiger partial charge in [-0.3, -0.25) is 0 Å². The molecular formula is C17H17F2N7O. The van der Waals surface area contributed by atoms with Crippen molar-refractivity contribution in [2.24, 2.45) is 0 Å². The molecule has 2 fully saturated rings. The molecule has 1 spiro atoms. The fourth-order valence-electron chi connectivity index (χ4n) is 3.56. The third-order valence-corrected chi connectivity index (χ3v) is 4.94. The number of hydrogen-bond donors (Lipinski definition) is 1. The van der Waals surface area contributed by atoms with Gasteiger partial charge in [-0.05, 0) is 12.1 Å². The summed E-state index contributed by atoms with van der Waals surface area (Å²) < 4.78 is 33.3. The van der Waals surface area contributed by atoms with E-state index in [0.717, 1.165) is 32.0 Å². The van der Waals surface area contributed by atoms with E-state index in [1.807, 2.05) is 6.07 Å². The molecule has 8 nitrogen and oxygen atoms in total. The van der Waals surface area contributed by atoms with Crippen LogP contribution in [0.4, 0.5) is 14.6 Å². The molecule has 2 saturated heterocycles. The first kappa shape index (κ1) is 16.5. The molecule has 27 heavy (non-hydrogen) atoms. The Labute approximate surface area is 153 Å². The van der Waals surface area contributed by atoms with Crippen LogP contribution in [0.5, 0.6) is 0 Å². The van der Waals surface area contributed by atoms with Crippen LogP contribution in [0.1, 0.15) is 12.1 Å². The topological polar surface area (TPSA) is 80.5 Å². The van der Waals surface area contributed by atoms with Gasteiger partial charge in [0, 0.05) is 19.2 Å². The van der Waals surface area contributed by atoms with E-state index in [9.17, 15) is 8.78 Å². The number of anilines is 1. The van der Waals surface area contributed by atoms with Gasteiger partial charge in [0.2, 0.25) is 0 Å². The number of alkyl halides is 2. The van der Waals surface area contributed by atoms with E-state index in [1.54, 1.807) is 6.20 Å². The Morgan fingerprint density at radius 2 is 2.07 bits per heavy atom. The molecule has 140 valence electrons. The minimum atomic E-state index is -2.65. The van der Waals surface area contributed by atoms with Crippen LogP contribution in [0.25, 0.3) is 17.0 Å². The van der Waals surface area contributed by atoms with E-state index in [0.29, 0.717) is 23.6 Å². The molecule has 3 aromatic rings. The van der Waals surface area contributed by atoms with Gasteiger partial charge in [0.25, 0.3) is 6.43 Å². The molecule has 0 unspecified atom stereocenters. The zero-order valence-corrected chi connectivity index (χ0v) is 14.3. The summed E-state index contributed by atoms with van der Waals surface area (Å²) in [5.41, 5.74) is 1.15. The maximum atomic E-state index is 13.0. The van der Waals surface area contributed by atoms with E-state index < -0.39 is 6.43 Å². The van der Waals surface area contributed by atoms with Crippen LogP contribution in [0.2, 0.25) is 0 Å². The number of morpholine rings is 1. The van der Waals surface area contributed by atoms with Crippen LogP contribution in [-0.2, 0) is 4.74 Å². The zero-order chi connectivity index (χ0) is 18.4. The predicted molar refractivity (Wildman–Crippen MR) is 92.7 cm³/mol. The Hall–Kier alpha value is -2.72. The number of rotatable bonds is 3. The number of aromatic nitrogens is 5. The summed E-state index contributed by atoms with van der Waals surface area (Å²) in [5.74, 6) is 0.764. The number of nitrogens with zero attached hydrogens (tertiary/aromatic N) is 6. The molecule has 0 amide bonds. The molecule has 0 aliphatic carbocycles. The van der Waals surface area contributed by atoms with Crippen molar-refractivity contribution < 1.29 is 13.5 Å². The van der Waals surface area contributed by atoms with Gasteiger partial charge in [-0.2, -0.15) is 5.10 Å². The standard InChI is InChI=1S/C17H17F2N7O/c18-16(19)11-1-2-14-21-6-13(26(14)24-11)12-5-15(23-10-22-12)25-8-17(9-25)7-20-3-4-27-17/h1-2,5-6,10,16,20H,3-4,7-9H2. The highest BCUT2D eigenvalue weighted by atomic mass is 19.3. The average Bonchev–Trinajstić information content (AvgIpc) is 3.10. The largest absolute Gasteiger partial charge is 0.369 e. The number of imidazole rings is 1. The van der Waals surface area contributed by atoms with Crippen LogP contribution < -0.4 is 10.2 Å². The zero-order valence-electron chi connectivity index (χ0n) is 14.3. The second kappa shape index (κ2) is 6.17. The fourth-order valence-corrected chi connectivity index (χ4v) is 3.56. The summed E-state index contributed by atoms with van der Waals surface area (Å²) in [5, 5.41) is 7.34. The summed E-state index contributed by atoms with van der Waals surface area (Å²) in [7, 11) is 0. The quantitative estimate of drug-likeness (QED) is 0.741. The third-order valence-electron chi connectivity index (χ3n) is 4.94. The smallest absolute Gasteiger partial charge is 0.282 e. The van der Waals surface area contributed by atoms with Gasteiger partial charge in [0.05, 0.1) is 31.6 Å². The van der Waals surface area contributed by atoms with Crippen LogP contribution in [0.3, 0.4) is 0 Å². The van der Waals surface area contributed by atoms with E-state index in [-0.39, 0.29) is 11.3 Å². The maximum absolute atomic E-state index is 13.0. The lowest BCUT2D eigenvalue weighted by molar-refractivity contribution is -0.0831. The van der Waals surface area contributed by atoms with Crippen LogP contribution in [0, 0.1) is 0 Å². The molecule has 0 bridgehead atoms. The van der Waals surface area contributed by atoms with E-state index >= 15 is 0 Å². The van der Waals surface area contributed by atoms with Crippen molar-refractivity contribution >= 4 is 11.5 Å². The minimum Gasteiger partial charge on any atom is -0.369 e. The summed E-state index contributed by atoms with van der Waals surface area (Å²) in [4.78, 5) is 15.0. The molecule has 3 aromatic heterocycles. The minimum absolute atomic E-state index is 0.152. The second-order valence-electron chi connectivity index (χ2n) is 6.80. The fraction of sp³-hybridized carbons (Fsp3) is 0.412. The van der Waals surface area contributed by atoms with Gasteiger partial charge in [0.1, 0.15) is 29.1 Å². The molecule has 0 saturated carbocycles. The molecule has 1 N–H and O–H groups in total. The number of hydrogen-bond acceptors (Lipinski definition) is 7. The van der Waals surface area contributed by atoms with Crippen molar-refractivity contribution in [2.75, 3.05) is 37.7 Å². The van der Waals surface area contributed by atoms with Crippen molar-refractivity contribution in [1.29, 1.82) is 0 Å². The normalized spacial score (nSPS) is 19.0. The molecule has 0 aromatic carbocycles. The Bertz CT molecular complexity index is 978. The van der Waals surface area contributed by atoms with Crippen molar-refractivity contribution in [3.63, 3.8) is 0 Å². The third kappa shape index (κ3) is 2.81. The number of halogens is 2. The summed E-state index contributed by atoms with van der Waals surface area (Å²) in [6.45, 7) is 3.91. The van der Waals surface area contributed by atoms with Crippen LogP contribution >= 0.6 is 0 Å². The predicted octanol–water partition coefficient (Wildman–Crippen LogP) is 1.30. The lowest BCUT2D eigenvalue weighted by Crippen LogP contribution is -2.70. The van der Waals surface area contributed by atoms with Crippen molar-refractivity contribution in [1.82, 2.24) is 29.9 Å². The number of ether oxygens (including phenoxy) is 1. The van der Waals surface area contributed by atoms with Gasteiger partial charge < -0.3 is 15.0 Å². The first-order valence-electron chi connectivity index (χ1n) is 8.68. The number of nitrogens with one attached hydrogen (secondary N) is 1. The molecule has 5 rings (SSSR count). The molecular weight excluding hydrogens is 356 g/mol. The van der Waals surface area contributed by atoms with E-state index in [2.05, 4.69) is 30.3 Å². The average molecular weight is 373 g/mol. The van der Waals surface area contributed by atoms with Crippen molar-refractivity contribution in [3.8, 4) is 11.4 Å². The van der Waals surface area contributed by atoms with Gasteiger partial charge in [-0.25, -0.2) is 28.2 Å². The first-order valence-corrected chi connectivity index (χ1v) is 8.68. The van der Waals surface area contributed by atoms with E-state index in [4.69, 9.17) is 4.74 Å². The van der Waals surface area contributed by atoms with Gasteiger partial charge in [-0.15, -0.1) is 0 Å². The Morgan fingerprint density at radius 3 is 2.85 bits per heavy atom. The van der Waals surface area contributed by atoms with Gasteiger partial charge >= 0.3 is 0 Å². The molecule has 5 heterocycles. The molecule has 2 aliphatic rings. The highest BCUT2D eigenvalue weighted by molar-refractivity contribution is 5.63. The van der Waals surface area contributed by atoms with Crippen LogP contribution in [0.15, 0.2) is 30.7 Å². The molecule has 10 heteroatoms. The second-order valence-corrected chi connectivity index (χ2v) is 6.80. The Kier molecular flexibility index (Phi) is 3.76. The molecule has 0 atom stereocenters. The highest BCUT2D eigenvalue weighted by Gasteiger charge is 2.45. The van der Waals surface area contributed by atoms with Crippen molar-refractivity contribution in [3.05, 3.63) is 36.4 Å². The van der Waals surface area contributed by atoms with Crippen molar-refractivity contribution in [2.45, 2.75) is 12.0 Å². The van der Waals surface area contributed by atoms with Gasteiger partial charge in [0.15, 0.2) is 5.65 Å². The Balaban J connectivity index is 1.44. The summed E-state index contributed by atoms with van der Waals surface area (Å²) in [6.07, 6.45) is 0.397. The van der Waals surface area contributed by atoms with Crippen LogP contribution in [-0.4, -0.2) is 63.0 Å². The van der Waals surface area contributed by atoms with Gasteiger partial charge in [-0.1, -0.05) is 0 Å². The number of fused-ring (bicyclic) bond motifs is 1. The molecule has 2 aliphatic heterocycles. The monoisotopic (exact) mass is 373 g/mol. The molecule has 0 radical (unpaired) electrons. The summed E-state index contributed by atoms with van der Waals surface area (Å²) in [6, 6.07) is 4.62. The maximum Gasteiger partial charge on any atom is 0.282 e. The highest BCUT2D eigenvalue weighted by Crippen LogP contribution is 2.31. The first-order chi connectivity index (χ1) is 13.1. The lowest BCUT2D eigenvalue weighted by Gasteiger charge is -2.52. The summed E-state index contributed by atoms with van der Waals surface area (Å²) >= 11 is 0. The SMILES string of the molecule is FC(F)c1ccc2ncc(-c3cc(N4CC5(CNCCO5)C4)ncn3)n2n1.